The molecule has 0 bridgehead atoms. The molecule has 284 valence electrons. The van der Waals surface area contributed by atoms with Gasteiger partial charge < -0.3 is 13.7 Å². The summed E-state index contributed by atoms with van der Waals surface area (Å²) in [6.45, 7) is 0. The molecule has 0 radical (unpaired) electrons. The number of para-hydroxylation sites is 4. The second-order valence-corrected chi connectivity index (χ2v) is 16.1. The van der Waals surface area contributed by atoms with Crippen LogP contribution < -0.4 is 0 Å². The molecule has 61 heavy (non-hydrogen) atoms. The van der Waals surface area contributed by atoms with Gasteiger partial charge in [-0.2, -0.15) is 0 Å². The molecular formula is C58H37N3. The van der Waals surface area contributed by atoms with Crippen LogP contribution in [-0.2, 0) is 0 Å². The van der Waals surface area contributed by atoms with Crippen LogP contribution in [-0.4, -0.2) is 13.7 Å². The van der Waals surface area contributed by atoms with Crippen molar-refractivity contribution in [3.05, 3.63) is 224 Å². The zero-order valence-electron chi connectivity index (χ0n) is 33.2. The first-order valence-corrected chi connectivity index (χ1v) is 21.0. The number of hydrogen-bond donors (Lipinski definition) is 0. The molecule has 0 aliphatic heterocycles. The highest BCUT2D eigenvalue weighted by atomic mass is 15.0. The number of fused-ring (bicyclic) bond motifs is 10. The van der Waals surface area contributed by atoms with E-state index in [4.69, 9.17) is 0 Å². The lowest BCUT2D eigenvalue weighted by Gasteiger charge is -2.12. The minimum Gasteiger partial charge on any atom is -0.309 e. The third-order valence-corrected chi connectivity index (χ3v) is 12.8. The summed E-state index contributed by atoms with van der Waals surface area (Å²) in [7, 11) is 0. The summed E-state index contributed by atoms with van der Waals surface area (Å²) >= 11 is 0. The average molecular weight is 776 g/mol. The highest BCUT2D eigenvalue weighted by Gasteiger charge is 2.19. The Morgan fingerprint density at radius 3 is 1.03 bits per heavy atom. The van der Waals surface area contributed by atoms with Crippen molar-refractivity contribution in [2.24, 2.45) is 0 Å². The Bertz CT molecular complexity index is 3640. The quantitative estimate of drug-likeness (QED) is 0.165. The maximum atomic E-state index is 2.47. The molecule has 0 fully saturated rings. The maximum Gasteiger partial charge on any atom is 0.0541 e. The monoisotopic (exact) mass is 775 g/mol. The Labute approximate surface area is 352 Å². The van der Waals surface area contributed by atoms with Crippen LogP contribution >= 0.6 is 0 Å². The molecule has 3 aromatic heterocycles. The average Bonchev–Trinajstić information content (AvgIpc) is 3.96. The third-order valence-electron chi connectivity index (χ3n) is 12.8. The fourth-order valence-electron chi connectivity index (χ4n) is 10.1. The maximum absolute atomic E-state index is 2.47. The van der Waals surface area contributed by atoms with Gasteiger partial charge in [-0.25, -0.2) is 0 Å². The van der Waals surface area contributed by atoms with Gasteiger partial charge >= 0.3 is 0 Å². The summed E-state index contributed by atoms with van der Waals surface area (Å²) in [6, 6.07) is 82.3. The van der Waals surface area contributed by atoms with E-state index in [2.05, 4.69) is 238 Å². The first-order chi connectivity index (χ1) is 30.3. The van der Waals surface area contributed by atoms with Gasteiger partial charge in [-0.15, -0.1) is 0 Å². The van der Waals surface area contributed by atoms with E-state index in [1.165, 1.54) is 116 Å². The van der Waals surface area contributed by atoms with Crippen molar-refractivity contribution in [2.45, 2.75) is 0 Å². The van der Waals surface area contributed by atoms with Gasteiger partial charge in [0.25, 0.3) is 0 Å². The largest absolute Gasteiger partial charge is 0.309 e. The Hall–Kier alpha value is -8.14. The van der Waals surface area contributed by atoms with Crippen molar-refractivity contribution in [1.29, 1.82) is 0 Å². The first-order valence-electron chi connectivity index (χ1n) is 21.0. The topological polar surface area (TPSA) is 14.8 Å². The van der Waals surface area contributed by atoms with Gasteiger partial charge in [0, 0.05) is 49.1 Å². The molecule has 3 heteroatoms. The summed E-state index contributed by atoms with van der Waals surface area (Å²) in [5, 5.41) is 9.94. The van der Waals surface area contributed by atoms with Crippen molar-refractivity contribution in [3.63, 3.8) is 0 Å². The van der Waals surface area contributed by atoms with Gasteiger partial charge in [0.2, 0.25) is 0 Å². The zero-order chi connectivity index (χ0) is 40.0. The van der Waals surface area contributed by atoms with E-state index in [0.29, 0.717) is 0 Å². The fraction of sp³-hybridized carbons (Fsp3) is 0. The van der Waals surface area contributed by atoms with Crippen LogP contribution in [0.1, 0.15) is 0 Å². The second-order valence-electron chi connectivity index (χ2n) is 16.1. The van der Waals surface area contributed by atoms with Crippen LogP contribution in [0.25, 0.3) is 116 Å². The summed E-state index contributed by atoms with van der Waals surface area (Å²) in [4.78, 5) is 0. The summed E-state index contributed by atoms with van der Waals surface area (Å²) in [6.07, 6.45) is 0. The number of nitrogens with zero attached hydrogens (tertiary/aromatic N) is 3. The standard InChI is InChI=1S/C58H37N3/c1-3-16-43(17-4-1)59-53-23-11-9-21-46(53)48-34-39(26-30-55(48)59)41-28-32-57-50(36-41)51-37-42(29-33-58(51)61(57)52-25-13-15-38-14-7-8-20-45(38)52)40-27-31-56-49(35-40)47-22-10-12-24-54(47)60(56)44-18-5-2-6-19-44/h1-37H. The lowest BCUT2D eigenvalue weighted by Crippen LogP contribution is -1.95. The normalized spacial score (nSPS) is 11.9. The summed E-state index contributed by atoms with van der Waals surface area (Å²) in [5.41, 5.74) is 15.5. The van der Waals surface area contributed by atoms with Gasteiger partial charge in [-0.3, -0.25) is 0 Å². The van der Waals surface area contributed by atoms with E-state index in [-0.39, 0.29) is 0 Å². The van der Waals surface area contributed by atoms with E-state index < -0.39 is 0 Å². The lowest BCUT2D eigenvalue weighted by molar-refractivity contribution is 1.18. The molecule has 0 N–H and O–H groups in total. The van der Waals surface area contributed by atoms with Crippen LogP contribution in [0.15, 0.2) is 224 Å². The number of hydrogen-bond acceptors (Lipinski definition) is 0. The predicted octanol–water partition coefficient (Wildman–Crippen LogP) is 15.5. The zero-order valence-corrected chi connectivity index (χ0v) is 33.2. The smallest absolute Gasteiger partial charge is 0.0541 e. The van der Waals surface area contributed by atoms with Gasteiger partial charge in [-0.1, -0.05) is 133 Å². The van der Waals surface area contributed by atoms with E-state index >= 15 is 0 Å². The van der Waals surface area contributed by atoms with Gasteiger partial charge in [-0.05, 0) is 119 Å². The van der Waals surface area contributed by atoms with Crippen molar-refractivity contribution < 1.29 is 0 Å². The molecule has 0 amide bonds. The van der Waals surface area contributed by atoms with Crippen LogP contribution in [0.5, 0.6) is 0 Å². The van der Waals surface area contributed by atoms with Crippen molar-refractivity contribution in [2.75, 3.05) is 0 Å². The van der Waals surface area contributed by atoms with Crippen LogP contribution in [0.3, 0.4) is 0 Å². The van der Waals surface area contributed by atoms with Crippen LogP contribution in [0, 0.1) is 0 Å². The molecule has 0 saturated carbocycles. The molecule has 0 unspecified atom stereocenters. The first kappa shape index (κ1) is 33.8. The molecule has 0 spiro atoms. The Balaban J connectivity index is 1.03. The molecule has 10 aromatic carbocycles. The molecule has 13 rings (SSSR count). The summed E-state index contributed by atoms with van der Waals surface area (Å²) < 4.78 is 7.23. The highest BCUT2D eigenvalue weighted by Crippen LogP contribution is 2.42. The number of rotatable bonds is 5. The minimum absolute atomic E-state index is 1.17. The number of aromatic nitrogens is 3. The molecule has 3 nitrogen and oxygen atoms in total. The fourth-order valence-corrected chi connectivity index (χ4v) is 10.1. The molecule has 13 aromatic rings. The molecule has 0 saturated heterocycles. The SMILES string of the molecule is c1ccc(-n2c3ccccc3c3cc(-c4ccc5c(c4)c4cc(-c6ccc7c(c6)c6ccccc6n7-c6ccccc6)ccc4n5-c4cccc5ccccc45)ccc32)cc1. The molecule has 0 atom stereocenters. The molecular weight excluding hydrogens is 739 g/mol. The van der Waals surface area contributed by atoms with Gasteiger partial charge in [0.1, 0.15) is 0 Å². The molecule has 3 heterocycles. The third kappa shape index (κ3) is 5.11. The molecule has 0 aliphatic rings. The second kappa shape index (κ2) is 13.2. The lowest BCUT2D eigenvalue weighted by atomic mass is 9.98. The Morgan fingerprint density at radius 2 is 0.557 bits per heavy atom. The predicted molar refractivity (Wildman–Crippen MR) is 258 cm³/mol. The minimum atomic E-state index is 1.17. The van der Waals surface area contributed by atoms with Crippen LogP contribution in [0.4, 0.5) is 0 Å². The number of benzene rings is 10. The van der Waals surface area contributed by atoms with Crippen LogP contribution in [0.2, 0.25) is 0 Å². The van der Waals surface area contributed by atoms with E-state index in [9.17, 15) is 0 Å². The van der Waals surface area contributed by atoms with E-state index in [1.54, 1.807) is 0 Å². The highest BCUT2D eigenvalue weighted by molar-refractivity contribution is 6.15. The molecule has 0 aliphatic carbocycles. The van der Waals surface area contributed by atoms with Gasteiger partial charge in [0.15, 0.2) is 0 Å². The van der Waals surface area contributed by atoms with E-state index in [1.807, 2.05) is 0 Å². The van der Waals surface area contributed by atoms with Gasteiger partial charge in [0.05, 0.1) is 38.8 Å². The Kier molecular flexibility index (Phi) is 7.31. The summed E-state index contributed by atoms with van der Waals surface area (Å²) in [5.74, 6) is 0. The van der Waals surface area contributed by atoms with Crippen molar-refractivity contribution >= 4 is 76.2 Å². The van der Waals surface area contributed by atoms with Crippen molar-refractivity contribution in [3.8, 4) is 39.3 Å². The Morgan fingerprint density at radius 1 is 0.213 bits per heavy atom. The van der Waals surface area contributed by atoms with E-state index in [0.717, 1.165) is 0 Å². The van der Waals surface area contributed by atoms with Crippen molar-refractivity contribution in [1.82, 2.24) is 13.7 Å².